The summed E-state index contributed by atoms with van der Waals surface area (Å²) in [7, 11) is -3.98. The minimum atomic E-state index is -3.98. The molecule has 41 heavy (non-hydrogen) atoms. The predicted molar refractivity (Wildman–Crippen MR) is 161 cm³/mol. The Bertz CT molecular complexity index is 1510. The molecule has 0 spiro atoms. The van der Waals surface area contributed by atoms with Crippen LogP contribution in [0.25, 0.3) is 0 Å². The molecule has 0 bridgehead atoms. The highest BCUT2D eigenvalue weighted by atomic mass is 32.2. The van der Waals surface area contributed by atoms with Gasteiger partial charge in [0, 0.05) is 18.0 Å². The number of esters is 1. The molecule has 4 rings (SSSR count). The SMILES string of the molecule is CCCC1(CCc2ccccc2)CC(O)=C([C@H](c2cccc(NS(=O)(=O)c3ccc(N)cn3)c2)C(C)(C)C)C(=O)O1. The van der Waals surface area contributed by atoms with Crippen LogP contribution < -0.4 is 10.5 Å². The number of carbonyl (C=O) groups is 1. The van der Waals surface area contributed by atoms with E-state index >= 15 is 0 Å². The number of nitrogens with zero attached hydrogens (tertiary/aromatic N) is 1. The third kappa shape index (κ3) is 7.08. The van der Waals surface area contributed by atoms with Gasteiger partial charge in [0.2, 0.25) is 0 Å². The Labute approximate surface area is 242 Å². The molecule has 2 aromatic carbocycles. The van der Waals surface area contributed by atoms with Crippen LogP contribution in [0.3, 0.4) is 0 Å². The third-order valence-corrected chi connectivity index (χ3v) is 8.71. The van der Waals surface area contributed by atoms with E-state index in [0.717, 1.165) is 18.4 Å². The number of aryl methyl sites for hydroxylation is 1. The summed E-state index contributed by atoms with van der Waals surface area (Å²) < 4.78 is 34.7. The Morgan fingerprint density at radius 1 is 1.07 bits per heavy atom. The Hall–Kier alpha value is -3.85. The molecule has 9 heteroatoms. The van der Waals surface area contributed by atoms with Crippen LogP contribution >= 0.6 is 0 Å². The number of carbonyl (C=O) groups excluding carboxylic acids is 1. The van der Waals surface area contributed by atoms with Gasteiger partial charge in [-0.25, -0.2) is 9.78 Å². The lowest BCUT2D eigenvalue weighted by molar-refractivity contribution is -0.161. The molecular formula is C32H39N3O5S. The van der Waals surface area contributed by atoms with Crippen molar-refractivity contribution in [3.8, 4) is 0 Å². The number of cyclic esters (lactones) is 1. The normalized spacial score (nSPS) is 18.6. The average molecular weight is 578 g/mol. The van der Waals surface area contributed by atoms with Crippen LogP contribution in [0.4, 0.5) is 11.4 Å². The molecule has 0 fully saturated rings. The molecule has 0 aliphatic carbocycles. The van der Waals surface area contributed by atoms with E-state index in [4.69, 9.17) is 10.5 Å². The molecule has 0 saturated heterocycles. The maximum atomic E-state index is 13.7. The van der Waals surface area contributed by atoms with Gasteiger partial charge in [0.1, 0.15) is 11.4 Å². The second-order valence-corrected chi connectivity index (χ2v) is 13.4. The number of pyridine rings is 1. The molecular weight excluding hydrogens is 538 g/mol. The van der Waals surface area contributed by atoms with Crippen molar-refractivity contribution in [2.45, 2.75) is 76.3 Å². The predicted octanol–water partition coefficient (Wildman–Crippen LogP) is 6.53. The maximum Gasteiger partial charge on any atom is 0.338 e. The van der Waals surface area contributed by atoms with Gasteiger partial charge in [-0.2, -0.15) is 8.42 Å². The van der Waals surface area contributed by atoms with Gasteiger partial charge < -0.3 is 15.6 Å². The van der Waals surface area contributed by atoms with Gasteiger partial charge in [0.25, 0.3) is 10.0 Å². The van der Waals surface area contributed by atoms with E-state index in [9.17, 15) is 18.3 Å². The van der Waals surface area contributed by atoms with Crippen molar-refractivity contribution >= 4 is 27.4 Å². The van der Waals surface area contributed by atoms with Crippen molar-refractivity contribution in [1.82, 2.24) is 4.98 Å². The van der Waals surface area contributed by atoms with E-state index in [2.05, 4.69) is 9.71 Å². The minimum Gasteiger partial charge on any atom is -0.512 e. The number of aromatic nitrogens is 1. The van der Waals surface area contributed by atoms with Gasteiger partial charge in [-0.15, -0.1) is 0 Å². The first-order valence-corrected chi connectivity index (χ1v) is 15.4. The average Bonchev–Trinajstić information content (AvgIpc) is 2.90. The number of nitrogens with two attached hydrogens (primary N) is 1. The number of benzene rings is 2. The zero-order chi connectivity index (χ0) is 29.8. The minimum absolute atomic E-state index is 0.0275. The smallest absolute Gasteiger partial charge is 0.338 e. The molecule has 0 radical (unpaired) electrons. The summed E-state index contributed by atoms with van der Waals surface area (Å²) in [5, 5.41) is 11.3. The van der Waals surface area contributed by atoms with Crippen molar-refractivity contribution in [3.05, 3.63) is 95.4 Å². The number of aliphatic hydroxyl groups excluding tert-OH is 1. The first kappa shape index (κ1) is 30.1. The molecule has 218 valence electrons. The van der Waals surface area contributed by atoms with Crippen LogP contribution in [-0.4, -0.2) is 30.1 Å². The van der Waals surface area contributed by atoms with E-state index < -0.39 is 32.9 Å². The maximum absolute atomic E-state index is 13.7. The summed E-state index contributed by atoms with van der Waals surface area (Å²) in [6.45, 7) is 7.97. The number of nitrogen functional groups attached to an aromatic ring is 1. The fourth-order valence-electron chi connectivity index (χ4n) is 5.61. The lowest BCUT2D eigenvalue weighted by Crippen LogP contribution is -2.43. The Morgan fingerprint density at radius 3 is 2.41 bits per heavy atom. The molecule has 2 heterocycles. The second-order valence-electron chi connectivity index (χ2n) is 11.8. The van der Waals surface area contributed by atoms with Crippen LogP contribution in [0.5, 0.6) is 0 Å². The molecule has 8 nitrogen and oxygen atoms in total. The fraction of sp³-hybridized carbons (Fsp3) is 0.375. The molecule has 3 aromatic rings. The lowest BCUT2D eigenvalue weighted by Gasteiger charge is -2.41. The van der Waals surface area contributed by atoms with Crippen molar-refractivity contribution in [1.29, 1.82) is 0 Å². The van der Waals surface area contributed by atoms with Crippen molar-refractivity contribution < 1.29 is 23.1 Å². The summed E-state index contributed by atoms with van der Waals surface area (Å²) in [6.07, 6.45) is 4.28. The first-order valence-electron chi connectivity index (χ1n) is 13.9. The fourth-order valence-corrected chi connectivity index (χ4v) is 6.59. The molecule has 2 atom stereocenters. The molecule has 1 aliphatic heterocycles. The molecule has 0 saturated carbocycles. The van der Waals surface area contributed by atoms with Crippen LogP contribution in [0.2, 0.25) is 0 Å². The standard InChI is InChI=1S/C32H39N3O5S/c1-5-17-32(18-16-22-10-7-6-8-11-22)20-26(36)28(30(37)40-32)29(31(2,3)4)23-12-9-13-25(19-23)35-41(38,39)27-15-14-24(33)21-34-27/h6-15,19,21,29,35-36H,5,16-18,20,33H2,1-4H3/t29-,32?/m0/s1. The summed E-state index contributed by atoms with van der Waals surface area (Å²) in [5.41, 5.74) is 7.05. The largest absolute Gasteiger partial charge is 0.512 e. The van der Waals surface area contributed by atoms with Gasteiger partial charge in [-0.05, 0) is 60.1 Å². The Morgan fingerprint density at radius 2 is 1.80 bits per heavy atom. The molecule has 1 unspecified atom stereocenters. The quantitative estimate of drug-likeness (QED) is 0.234. The summed E-state index contributed by atoms with van der Waals surface area (Å²) >= 11 is 0. The number of hydrogen-bond acceptors (Lipinski definition) is 7. The van der Waals surface area contributed by atoms with Gasteiger partial charge >= 0.3 is 5.97 Å². The number of anilines is 2. The van der Waals surface area contributed by atoms with E-state index in [1.165, 1.54) is 18.3 Å². The number of nitrogens with one attached hydrogen (secondary N) is 1. The van der Waals surface area contributed by atoms with Gasteiger partial charge in [-0.1, -0.05) is 76.6 Å². The lowest BCUT2D eigenvalue weighted by atomic mass is 9.70. The zero-order valence-electron chi connectivity index (χ0n) is 24.1. The molecule has 4 N–H and O–H groups in total. The second kappa shape index (κ2) is 11.9. The van der Waals surface area contributed by atoms with E-state index in [-0.39, 0.29) is 22.8 Å². The molecule has 0 amide bonds. The van der Waals surface area contributed by atoms with Crippen LogP contribution in [0.15, 0.2) is 89.3 Å². The highest BCUT2D eigenvalue weighted by Crippen LogP contribution is 2.47. The highest BCUT2D eigenvalue weighted by Gasteiger charge is 2.46. The number of hydrogen-bond donors (Lipinski definition) is 3. The van der Waals surface area contributed by atoms with E-state index in [0.29, 0.717) is 29.8 Å². The number of ether oxygens (including phenoxy) is 1. The van der Waals surface area contributed by atoms with Crippen molar-refractivity contribution in [3.63, 3.8) is 0 Å². The monoisotopic (exact) mass is 577 g/mol. The van der Waals surface area contributed by atoms with E-state index in [1.807, 2.05) is 64.1 Å². The van der Waals surface area contributed by atoms with Crippen molar-refractivity contribution in [2.75, 3.05) is 10.5 Å². The van der Waals surface area contributed by atoms with Gasteiger partial charge in [0.05, 0.1) is 17.5 Å². The Balaban J connectivity index is 1.66. The number of rotatable bonds is 10. The number of aliphatic hydroxyl groups is 1. The van der Waals surface area contributed by atoms with Crippen LogP contribution in [0, 0.1) is 5.41 Å². The first-order chi connectivity index (χ1) is 19.3. The third-order valence-electron chi connectivity index (χ3n) is 7.41. The summed E-state index contributed by atoms with van der Waals surface area (Å²) in [4.78, 5) is 17.6. The van der Waals surface area contributed by atoms with Crippen LogP contribution in [0.1, 0.15) is 70.4 Å². The summed E-state index contributed by atoms with van der Waals surface area (Å²) in [6, 6.07) is 19.7. The molecule has 1 aliphatic rings. The molecule has 1 aromatic heterocycles. The van der Waals surface area contributed by atoms with E-state index in [1.54, 1.807) is 18.2 Å². The van der Waals surface area contributed by atoms with Crippen molar-refractivity contribution in [2.24, 2.45) is 5.41 Å². The highest BCUT2D eigenvalue weighted by molar-refractivity contribution is 7.92. The summed E-state index contributed by atoms with van der Waals surface area (Å²) in [5.74, 6) is -1.06. The van der Waals surface area contributed by atoms with Gasteiger partial charge in [0.15, 0.2) is 5.03 Å². The topological polar surface area (TPSA) is 132 Å². The van der Waals surface area contributed by atoms with Crippen LogP contribution in [-0.2, 0) is 26.0 Å². The zero-order valence-corrected chi connectivity index (χ0v) is 24.9. The number of sulfonamides is 1. The Kier molecular flexibility index (Phi) is 8.77. The van der Waals surface area contributed by atoms with Gasteiger partial charge in [-0.3, -0.25) is 4.72 Å².